The number of ether oxygens (including phenoxy) is 3. The van der Waals surface area contributed by atoms with Crippen LogP contribution in [-0.2, 0) is 57.1 Å². The number of rotatable bonds is 19. The normalized spacial score (nSPS) is 22.7. The number of aliphatic hydroxyl groups is 1. The standard InChI is InChI=1S/C28H40ClNO4.C27H38ClNO4/c1-6-34-26(32)11-15-30-19-23-20(12-16-33-5)10-14-28(23,18-25(30)31)22-8-7-21(24(29)17-22)9-13-27(2,3)4;1-5-33-25(32)10-14-29-18-22-19(11-15-30)9-13-27(22,17-24(29)31)21-7-6-20(23(28)16-21)8-12-26(2,3)4/h7-8,17,19-20H,6,9-16,18H2,1-5H3;6-7,16,18-19,30H,5,8-15,17H2,1-4H3. The predicted octanol–water partition coefficient (Wildman–Crippen LogP) is 11.5. The number of halogens is 2. The molecule has 2 aromatic carbocycles. The molecule has 2 aromatic rings. The quantitative estimate of drug-likeness (QED) is 0.138. The van der Waals surface area contributed by atoms with Gasteiger partial charge < -0.3 is 29.1 Å². The largest absolute Gasteiger partial charge is 0.466 e. The fraction of sp³-hybridized carbons (Fsp3) is 0.636. The molecule has 10 nitrogen and oxygen atoms in total. The molecular formula is C55H78Cl2N2O8. The number of hydrogen-bond donors (Lipinski definition) is 1. The number of nitrogens with zero attached hydrogens (tertiary/aromatic N) is 2. The molecule has 4 aliphatic rings. The Morgan fingerprint density at radius 3 is 1.48 bits per heavy atom. The van der Waals surface area contributed by atoms with Gasteiger partial charge in [0, 0.05) is 79.5 Å². The molecule has 2 fully saturated rings. The van der Waals surface area contributed by atoms with Crippen LogP contribution in [0.3, 0.4) is 0 Å². The van der Waals surface area contributed by atoms with Gasteiger partial charge in [-0.1, -0.05) is 89.0 Å². The Morgan fingerprint density at radius 2 is 1.12 bits per heavy atom. The molecule has 2 amide bonds. The van der Waals surface area contributed by atoms with Gasteiger partial charge in [-0.2, -0.15) is 0 Å². The maximum absolute atomic E-state index is 13.2. The number of methoxy groups -OCH3 is 1. The lowest BCUT2D eigenvalue weighted by Gasteiger charge is -2.39. The van der Waals surface area contributed by atoms with Crippen molar-refractivity contribution >= 4 is 47.0 Å². The number of esters is 2. The van der Waals surface area contributed by atoms with E-state index in [0.29, 0.717) is 58.1 Å². The van der Waals surface area contributed by atoms with Crippen LogP contribution in [-0.4, -0.2) is 85.3 Å². The highest BCUT2D eigenvalue weighted by atomic mass is 35.5. The smallest absolute Gasteiger partial charge is 0.307 e. The van der Waals surface area contributed by atoms with Gasteiger partial charge in [0.25, 0.3) is 0 Å². The van der Waals surface area contributed by atoms with Gasteiger partial charge >= 0.3 is 11.9 Å². The molecule has 0 saturated heterocycles. The summed E-state index contributed by atoms with van der Waals surface area (Å²) in [6, 6.07) is 12.7. The van der Waals surface area contributed by atoms with Crippen molar-refractivity contribution in [3.05, 3.63) is 92.2 Å². The minimum Gasteiger partial charge on any atom is -0.466 e. The fourth-order valence-corrected chi connectivity index (χ4v) is 11.0. The minimum absolute atomic E-state index is 0.0145. The van der Waals surface area contributed by atoms with Crippen LogP contribution in [0.5, 0.6) is 0 Å². The molecule has 67 heavy (non-hydrogen) atoms. The Balaban J connectivity index is 0.000000251. The van der Waals surface area contributed by atoms with Crippen molar-refractivity contribution < 1.29 is 38.5 Å². The number of allylic oxidation sites excluding steroid dienone is 2. The van der Waals surface area contributed by atoms with E-state index in [4.69, 9.17) is 37.4 Å². The summed E-state index contributed by atoms with van der Waals surface area (Å²) in [5.41, 5.74) is 6.73. The van der Waals surface area contributed by atoms with Gasteiger partial charge in [0.05, 0.1) is 26.1 Å². The van der Waals surface area contributed by atoms with E-state index in [9.17, 15) is 24.3 Å². The molecule has 0 spiro atoms. The van der Waals surface area contributed by atoms with Crippen LogP contribution in [0.4, 0.5) is 0 Å². The molecule has 2 aliphatic heterocycles. The van der Waals surface area contributed by atoms with Crippen LogP contribution in [0, 0.1) is 22.7 Å². The first-order chi connectivity index (χ1) is 31.7. The molecule has 4 unspecified atom stereocenters. The number of fused-ring (bicyclic) bond motifs is 2. The van der Waals surface area contributed by atoms with E-state index in [-0.39, 0.29) is 70.8 Å². The lowest BCUT2D eigenvalue weighted by atomic mass is 9.70. The van der Waals surface area contributed by atoms with Gasteiger partial charge in [-0.25, -0.2) is 0 Å². The average molecular weight is 966 g/mol. The minimum atomic E-state index is -0.385. The van der Waals surface area contributed by atoms with Crippen molar-refractivity contribution in [1.29, 1.82) is 0 Å². The highest BCUT2D eigenvalue weighted by molar-refractivity contribution is 6.31. The summed E-state index contributed by atoms with van der Waals surface area (Å²) in [5.74, 6) is 0.0565. The lowest BCUT2D eigenvalue weighted by molar-refractivity contribution is -0.145. The van der Waals surface area contributed by atoms with Gasteiger partial charge in [0.15, 0.2) is 0 Å². The molecule has 6 rings (SSSR count). The third-order valence-electron chi connectivity index (χ3n) is 14.3. The summed E-state index contributed by atoms with van der Waals surface area (Å²) in [7, 11) is 1.72. The second-order valence-corrected chi connectivity index (χ2v) is 22.3. The molecule has 0 aromatic heterocycles. The monoisotopic (exact) mass is 965 g/mol. The first-order valence-electron chi connectivity index (χ1n) is 24.7. The van der Waals surface area contributed by atoms with Crippen LogP contribution in [0.1, 0.15) is 155 Å². The van der Waals surface area contributed by atoms with Crippen molar-refractivity contribution in [2.75, 3.05) is 46.6 Å². The maximum atomic E-state index is 13.2. The van der Waals surface area contributed by atoms with Crippen molar-refractivity contribution in [2.24, 2.45) is 22.7 Å². The Bertz CT molecular complexity index is 2120. The van der Waals surface area contributed by atoms with Crippen LogP contribution >= 0.6 is 23.2 Å². The van der Waals surface area contributed by atoms with Crippen LogP contribution < -0.4 is 0 Å². The van der Waals surface area contributed by atoms with E-state index >= 15 is 0 Å². The van der Waals surface area contributed by atoms with E-state index in [2.05, 4.69) is 77.9 Å². The van der Waals surface area contributed by atoms with Crippen molar-refractivity contribution in [2.45, 2.75) is 156 Å². The van der Waals surface area contributed by atoms with Crippen LogP contribution in [0.15, 0.2) is 59.9 Å². The summed E-state index contributed by atoms with van der Waals surface area (Å²) in [6.45, 7) is 19.1. The number of aliphatic hydroxyl groups excluding tert-OH is 1. The molecule has 12 heteroatoms. The highest BCUT2D eigenvalue weighted by Gasteiger charge is 2.51. The molecule has 370 valence electrons. The second-order valence-electron chi connectivity index (χ2n) is 21.5. The van der Waals surface area contributed by atoms with Gasteiger partial charge in [-0.3, -0.25) is 19.2 Å². The first-order valence-corrected chi connectivity index (χ1v) is 25.5. The first kappa shape index (κ1) is 54.2. The SMILES string of the molecule is CCOC(=O)CCN1C=C2C(CCO)CCC2(c2ccc(CCC(C)(C)C)c(Cl)c2)CC1=O.CCOC(=O)CCN1C=C2C(CCOC)CCC2(c2ccc(CCC(C)(C)C)c(Cl)c2)CC1=O. The summed E-state index contributed by atoms with van der Waals surface area (Å²) in [4.78, 5) is 53.5. The third-order valence-corrected chi connectivity index (χ3v) is 15.0. The number of aryl methyl sites for hydroxylation is 2. The van der Waals surface area contributed by atoms with Crippen molar-refractivity contribution in [3.8, 4) is 0 Å². The average Bonchev–Trinajstić information content (AvgIpc) is 3.80. The topological polar surface area (TPSA) is 123 Å². The van der Waals surface area contributed by atoms with E-state index < -0.39 is 0 Å². The molecule has 0 radical (unpaired) electrons. The Kier molecular flexibility index (Phi) is 19.2. The Morgan fingerprint density at radius 1 is 0.701 bits per heavy atom. The molecule has 2 heterocycles. The van der Waals surface area contributed by atoms with Crippen LogP contribution in [0.25, 0.3) is 0 Å². The zero-order valence-electron chi connectivity index (χ0n) is 41.9. The molecule has 2 aliphatic carbocycles. The molecule has 4 atom stereocenters. The molecular weight excluding hydrogens is 888 g/mol. The van der Waals surface area contributed by atoms with E-state index in [0.717, 1.165) is 90.1 Å². The second kappa shape index (κ2) is 23.7. The number of amides is 2. The zero-order valence-corrected chi connectivity index (χ0v) is 43.4. The van der Waals surface area contributed by atoms with Gasteiger partial charge in [-0.05, 0) is 146 Å². The summed E-state index contributed by atoms with van der Waals surface area (Å²) < 4.78 is 15.5. The molecule has 1 N–H and O–H groups in total. The Labute approximate surface area is 411 Å². The van der Waals surface area contributed by atoms with Gasteiger partial charge in [0.1, 0.15) is 0 Å². The molecule has 0 bridgehead atoms. The summed E-state index contributed by atoms with van der Waals surface area (Å²) in [5, 5.41) is 11.2. The van der Waals surface area contributed by atoms with Crippen molar-refractivity contribution in [1.82, 2.24) is 9.80 Å². The number of hydrogen-bond acceptors (Lipinski definition) is 8. The number of carbonyl (C=O) groups excluding carboxylic acids is 4. The predicted molar refractivity (Wildman–Crippen MR) is 267 cm³/mol. The summed E-state index contributed by atoms with van der Waals surface area (Å²) in [6.07, 6.45) is 14.4. The maximum Gasteiger partial charge on any atom is 0.307 e. The van der Waals surface area contributed by atoms with Gasteiger partial charge in [-0.15, -0.1) is 0 Å². The highest BCUT2D eigenvalue weighted by Crippen LogP contribution is 2.56. The summed E-state index contributed by atoms with van der Waals surface area (Å²) >= 11 is 13.5. The van der Waals surface area contributed by atoms with Crippen LogP contribution in [0.2, 0.25) is 10.0 Å². The number of benzene rings is 2. The fourth-order valence-electron chi connectivity index (χ4n) is 10.5. The lowest BCUT2D eigenvalue weighted by Crippen LogP contribution is -2.42. The Hall–Kier alpha value is -3.70. The number of carbonyl (C=O) groups is 4. The molecule has 2 saturated carbocycles. The van der Waals surface area contributed by atoms with E-state index in [1.807, 2.05) is 12.4 Å². The van der Waals surface area contributed by atoms with E-state index in [1.54, 1.807) is 30.8 Å². The van der Waals surface area contributed by atoms with E-state index in [1.165, 1.54) is 11.1 Å². The zero-order chi connectivity index (χ0) is 49.2. The third kappa shape index (κ3) is 14.0. The van der Waals surface area contributed by atoms with Crippen molar-refractivity contribution in [3.63, 3.8) is 0 Å². The van der Waals surface area contributed by atoms with Gasteiger partial charge in [0.2, 0.25) is 11.8 Å².